The summed E-state index contributed by atoms with van der Waals surface area (Å²) in [7, 11) is 2.64. The van der Waals surface area contributed by atoms with Crippen LogP contribution >= 0.6 is 0 Å². The number of hydrogen-bond acceptors (Lipinski definition) is 6. The van der Waals surface area contributed by atoms with Crippen LogP contribution in [0.5, 0.6) is 0 Å². The first kappa shape index (κ1) is 20.9. The highest BCUT2D eigenvalue weighted by atomic mass is 32.2. The third-order valence-corrected chi connectivity index (χ3v) is 4.76. The molecule has 2 aromatic heterocycles. The molecule has 0 bridgehead atoms. The number of nitrogens with one attached hydrogen (secondary N) is 1. The molecule has 2 heterocycles. The molecule has 0 aliphatic heterocycles. The second-order valence-electron chi connectivity index (χ2n) is 6.38. The zero-order valence-electron chi connectivity index (χ0n) is 15.6. The van der Waals surface area contributed by atoms with Gasteiger partial charge >= 0.3 is 0 Å². The lowest BCUT2D eigenvalue weighted by Crippen LogP contribution is -2.30. The number of pyridine rings is 1. The van der Waals surface area contributed by atoms with Crippen molar-refractivity contribution in [3.8, 4) is 0 Å². The highest BCUT2D eigenvalue weighted by molar-refractivity contribution is 7.84. The summed E-state index contributed by atoms with van der Waals surface area (Å²) in [5.74, 6) is 0.290. The van der Waals surface area contributed by atoms with Crippen molar-refractivity contribution >= 4 is 16.7 Å². The van der Waals surface area contributed by atoms with Crippen LogP contribution in [0.3, 0.4) is 0 Å². The van der Waals surface area contributed by atoms with Crippen molar-refractivity contribution in [1.82, 2.24) is 15.2 Å². The molecule has 0 aliphatic rings. The molecule has 27 heavy (non-hydrogen) atoms. The Morgan fingerprint density at radius 2 is 2.22 bits per heavy atom. The topological polar surface area (TPSA) is 95.7 Å². The highest BCUT2D eigenvalue weighted by Gasteiger charge is 2.10. The lowest BCUT2D eigenvalue weighted by molar-refractivity contribution is -0.118. The Hall–Kier alpha value is -2.45. The molecule has 0 saturated carbocycles. The molecule has 146 valence electrons. The number of aromatic nitrogens is 1. The maximum atomic E-state index is 11.9. The third-order valence-electron chi connectivity index (χ3n) is 3.57. The van der Waals surface area contributed by atoms with Crippen molar-refractivity contribution < 1.29 is 18.5 Å². The van der Waals surface area contributed by atoms with Gasteiger partial charge < -0.3 is 19.7 Å². The normalized spacial score (nSPS) is 12.9. The molecule has 7 nitrogen and oxygen atoms in total. The van der Waals surface area contributed by atoms with E-state index in [9.17, 15) is 14.1 Å². The molecule has 0 radical (unpaired) electrons. The van der Waals surface area contributed by atoms with Gasteiger partial charge in [-0.05, 0) is 50.0 Å². The summed E-state index contributed by atoms with van der Waals surface area (Å²) in [6, 6.07) is 7.36. The van der Waals surface area contributed by atoms with Gasteiger partial charge in [-0.1, -0.05) is 0 Å². The first-order chi connectivity index (χ1) is 12.9. The Balaban J connectivity index is 1.75. The standard InChI is InChI=1S/C19H25N3O4S/c1-22(2)12-15-7-8-20-16(10-15)5-6-17(23)11-21-19(24)14-27(25)13-18-4-3-9-26-18/h3-4,6-10,23H,5,11-14H2,1-2H3,(H,21,24). The van der Waals surface area contributed by atoms with E-state index in [1.165, 1.54) is 6.26 Å². The maximum Gasteiger partial charge on any atom is 0.233 e. The minimum atomic E-state index is -1.36. The van der Waals surface area contributed by atoms with Crippen molar-refractivity contribution in [2.45, 2.75) is 18.7 Å². The zero-order valence-corrected chi connectivity index (χ0v) is 16.4. The van der Waals surface area contributed by atoms with E-state index in [4.69, 9.17) is 4.42 Å². The van der Waals surface area contributed by atoms with Crippen LogP contribution in [0, 0.1) is 0 Å². The first-order valence-electron chi connectivity index (χ1n) is 8.53. The molecule has 0 fully saturated rings. The number of rotatable bonds is 10. The molecule has 0 aromatic carbocycles. The van der Waals surface area contributed by atoms with Crippen LogP contribution in [0.1, 0.15) is 17.0 Å². The number of aliphatic hydroxyl groups excluding tert-OH is 1. The van der Waals surface area contributed by atoms with Crippen molar-refractivity contribution in [2.75, 3.05) is 26.4 Å². The average Bonchev–Trinajstić information content (AvgIpc) is 3.10. The second-order valence-corrected chi connectivity index (χ2v) is 7.83. The fourth-order valence-corrected chi connectivity index (χ4v) is 3.37. The van der Waals surface area contributed by atoms with Crippen LogP contribution in [0.2, 0.25) is 0 Å². The number of nitrogens with zero attached hydrogens (tertiary/aromatic N) is 2. The Bertz CT molecular complexity index is 788. The monoisotopic (exact) mass is 391 g/mol. The molecule has 1 unspecified atom stereocenters. The van der Waals surface area contributed by atoms with E-state index in [1.807, 2.05) is 26.2 Å². The van der Waals surface area contributed by atoms with Crippen LogP contribution in [0.15, 0.2) is 53.0 Å². The van der Waals surface area contributed by atoms with Crippen LogP contribution in [-0.2, 0) is 34.3 Å². The van der Waals surface area contributed by atoms with E-state index in [2.05, 4.69) is 15.2 Å². The molecular weight excluding hydrogens is 366 g/mol. The van der Waals surface area contributed by atoms with Gasteiger partial charge in [0.05, 0.1) is 18.6 Å². The van der Waals surface area contributed by atoms with Gasteiger partial charge in [-0.3, -0.25) is 14.0 Å². The number of carbonyl (C=O) groups is 1. The van der Waals surface area contributed by atoms with Gasteiger partial charge in [0.25, 0.3) is 0 Å². The maximum absolute atomic E-state index is 11.9. The first-order valence-corrected chi connectivity index (χ1v) is 10.0. The van der Waals surface area contributed by atoms with Gasteiger partial charge in [0.2, 0.25) is 5.91 Å². The smallest absolute Gasteiger partial charge is 0.233 e. The number of amides is 1. The predicted molar refractivity (Wildman–Crippen MR) is 104 cm³/mol. The van der Waals surface area contributed by atoms with E-state index < -0.39 is 10.8 Å². The van der Waals surface area contributed by atoms with Gasteiger partial charge in [-0.15, -0.1) is 0 Å². The second kappa shape index (κ2) is 10.6. The van der Waals surface area contributed by atoms with E-state index >= 15 is 0 Å². The summed E-state index contributed by atoms with van der Waals surface area (Å²) in [6.45, 7) is 0.810. The number of allylic oxidation sites excluding steroid dienone is 1. The van der Waals surface area contributed by atoms with E-state index in [0.29, 0.717) is 12.2 Å². The van der Waals surface area contributed by atoms with Crippen molar-refractivity contribution in [3.63, 3.8) is 0 Å². The fourth-order valence-electron chi connectivity index (χ4n) is 2.39. The number of hydrogen-bond donors (Lipinski definition) is 2. The molecule has 8 heteroatoms. The molecular formula is C19H25N3O4S. The Labute approximate surface area is 161 Å². The summed E-state index contributed by atoms with van der Waals surface area (Å²) in [5, 5.41) is 12.5. The predicted octanol–water partition coefficient (Wildman–Crippen LogP) is 1.79. The summed E-state index contributed by atoms with van der Waals surface area (Å²) < 4.78 is 17.0. The van der Waals surface area contributed by atoms with Crippen molar-refractivity contribution in [2.24, 2.45) is 0 Å². The van der Waals surface area contributed by atoms with Crippen molar-refractivity contribution in [1.29, 1.82) is 0 Å². The van der Waals surface area contributed by atoms with Crippen LogP contribution in [0.25, 0.3) is 0 Å². The minimum Gasteiger partial charge on any atom is -0.511 e. The number of carbonyl (C=O) groups excluding carboxylic acids is 1. The highest BCUT2D eigenvalue weighted by Crippen LogP contribution is 2.06. The SMILES string of the molecule is CN(C)Cc1ccnc(CC=C(O)CNC(=O)CS(=O)Cc2ccco2)c1. The molecule has 0 saturated heterocycles. The fraction of sp³-hybridized carbons (Fsp3) is 0.368. The number of furan rings is 1. The minimum absolute atomic E-state index is 0.00578. The molecule has 0 spiro atoms. The van der Waals surface area contributed by atoms with Crippen LogP contribution in [-0.4, -0.2) is 51.5 Å². The molecule has 2 aromatic rings. The summed E-state index contributed by atoms with van der Waals surface area (Å²) >= 11 is 0. The summed E-state index contributed by atoms with van der Waals surface area (Å²) in [5.41, 5.74) is 1.98. The molecule has 1 amide bonds. The van der Waals surface area contributed by atoms with Gasteiger partial charge in [0, 0.05) is 35.7 Å². The van der Waals surface area contributed by atoms with Gasteiger partial charge in [0.15, 0.2) is 0 Å². The van der Waals surface area contributed by atoms with Crippen LogP contribution < -0.4 is 5.32 Å². The van der Waals surface area contributed by atoms with E-state index in [1.54, 1.807) is 24.4 Å². The molecule has 2 rings (SSSR count). The summed E-state index contributed by atoms with van der Waals surface area (Å²) in [4.78, 5) is 18.2. The van der Waals surface area contributed by atoms with Gasteiger partial charge in [0.1, 0.15) is 17.3 Å². The zero-order chi connectivity index (χ0) is 19.6. The van der Waals surface area contributed by atoms with Gasteiger partial charge in [-0.25, -0.2) is 0 Å². The van der Waals surface area contributed by atoms with Gasteiger partial charge in [-0.2, -0.15) is 0 Å². The Morgan fingerprint density at radius 3 is 2.93 bits per heavy atom. The largest absolute Gasteiger partial charge is 0.511 e. The van der Waals surface area contributed by atoms with Crippen molar-refractivity contribution in [3.05, 3.63) is 65.6 Å². The summed E-state index contributed by atoms with van der Waals surface area (Å²) in [6.07, 6.45) is 5.32. The quantitative estimate of drug-likeness (QED) is 0.600. The molecule has 0 aliphatic carbocycles. The van der Waals surface area contributed by atoms with E-state index in [-0.39, 0.29) is 29.7 Å². The van der Waals surface area contributed by atoms with E-state index in [0.717, 1.165) is 17.8 Å². The lowest BCUT2D eigenvalue weighted by atomic mass is 10.2. The third kappa shape index (κ3) is 8.19. The molecule has 2 N–H and O–H groups in total. The molecule has 1 atom stereocenters. The van der Waals surface area contributed by atoms with Crippen LogP contribution in [0.4, 0.5) is 0 Å². The lowest BCUT2D eigenvalue weighted by Gasteiger charge is -2.10. The average molecular weight is 391 g/mol. The number of aliphatic hydroxyl groups is 1. The Kier molecular flexibility index (Phi) is 8.22. The Morgan fingerprint density at radius 1 is 1.41 bits per heavy atom.